The van der Waals surface area contributed by atoms with Gasteiger partial charge in [-0.3, -0.25) is 0 Å². The summed E-state index contributed by atoms with van der Waals surface area (Å²) in [6, 6.07) is 8.84. The lowest BCUT2D eigenvalue weighted by Crippen LogP contribution is -2.21. The van der Waals surface area contributed by atoms with Crippen LogP contribution in [-0.2, 0) is 7.05 Å². The molecule has 0 aliphatic carbocycles. The third-order valence-electron chi connectivity index (χ3n) is 3.00. The highest BCUT2D eigenvalue weighted by molar-refractivity contribution is 5.83. The minimum absolute atomic E-state index is 1.06. The summed E-state index contributed by atoms with van der Waals surface area (Å²) in [5, 5.41) is 1.32. The predicted octanol–water partition coefficient (Wildman–Crippen LogP) is 3.02. The van der Waals surface area contributed by atoms with Crippen molar-refractivity contribution in [2.45, 2.75) is 13.8 Å². The summed E-state index contributed by atoms with van der Waals surface area (Å²) < 4.78 is 2.15. The Labute approximate surface area is 91.1 Å². The number of benzene rings is 1. The molecule has 0 atom stereocenters. The Morgan fingerprint density at radius 1 is 1.13 bits per heavy atom. The van der Waals surface area contributed by atoms with Crippen molar-refractivity contribution in [2.75, 3.05) is 18.0 Å². The van der Waals surface area contributed by atoms with Gasteiger partial charge in [-0.1, -0.05) is 0 Å². The fraction of sp³-hybridized carbons (Fsp3) is 0.385. The van der Waals surface area contributed by atoms with E-state index in [9.17, 15) is 0 Å². The van der Waals surface area contributed by atoms with E-state index in [0.717, 1.165) is 13.1 Å². The molecular weight excluding hydrogens is 184 g/mol. The molecule has 2 aromatic rings. The van der Waals surface area contributed by atoms with Crippen molar-refractivity contribution in [2.24, 2.45) is 7.05 Å². The van der Waals surface area contributed by atoms with Crippen LogP contribution in [0.3, 0.4) is 0 Å². The minimum atomic E-state index is 1.06. The Kier molecular flexibility index (Phi) is 2.67. The molecule has 0 spiro atoms. The van der Waals surface area contributed by atoms with Crippen molar-refractivity contribution in [3.8, 4) is 0 Å². The molecule has 2 nitrogen and oxygen atoms in total. The number of anilines is 1. The van der Waals surface area contributed by atoms with E-state index in [1.807, 2.05) is 0 Å². The van der Waals surface area contributed by atoms with Crippen molar-refractivity contribution in [1.82, 2.24) is 4.57 Å². The van der Waals surface area contributed by atoms with E-state index in [1.54, 1.807) is 0 Å². The van der Waals surface area contributed by atoms with E-state index in [0.29, 0.717) is 0 Å². The number of hydrogen-bond acceptors (Lipinski definition) is 1. The topological polar surface area (TPSA) is 8.17 Å². The van der Waals surface area contributed by atoms with Crippen LogP contribution in [0.25, 0.3) is 10.9 Å². The first-order chi connectivity index (χ1) is 7.26. The number of aromatic nitrogens is 1. The van der Waals surface area contributed by atoms with Crippen molar-refractivity contribution < 1.29 is 0 Å². The highest BCUT2D eigenvalue weighted by Crippen LogP contribution is 2.22. The number of hydrogen-bond donors (Lipinski definition) is 0. The van der Waals surface area contributed by atoms with Gasteiger partial charge in [-0.25, -0.2) is 0 Å². The van der Waals surface area contributed by atoms with Crippen molar-refractivity contribution >= 4 is 16.6 Å². The van der Waals surface area contributed by atoms with Crippen LogP contribution in [-0.4, -0.2) is 17.7 Å². The van der Waals surface area contributed by atoms with Crippen LogP contribution in [0.15, 0.2) is 30.5 Å². The zero-order valence-corrected chi connectivity index (χ0v) is 9.70. The molecular formula is C13H18N2. The van der Waals surface area contributed by atoms with Gasteiger partial charge in [0.05, 0.1) is 0 Å². The largest absolute Gasteiger partial charge is 0.372 e. The maximum absolute atomic E-state index is 2.37. The lowest BCUT2D eigenvalue weighted by Gasteiger charge is -2.21. The minimum Gasteiger partial charge on any atom is -0.372 e. The molecule has 0 saturated heterocycles. The van der Waals surface area contributed by atoms with Crippen LogP contribution in [0.2, 0.25) is 0 Å². The molecule has 0 aliphatic heterocycles. The van der Waals surface area contributed by atoms with Gasteiger partial charge in [0.1, 0.15) is 0 Å². The lowest BCUT2D eigenvalue weighted by atomic mass is 10.2. The Morgan fingerprint density at radius 2 is 1.87 bits per heavy atom. The molecule has 15 heavy (non-hydrogen) atoms. The third-order valence-corrected chi connectivity index (χ3v) is 3.00. The molecule has 1 heterocycles. The van der Waals surface area contributed by atoms with Crippen LogP contribution in [0.4, 0.5) is 5.69 Å². The summed E-state index contributed by atoms with van der Waals surface area (Å²) in [5.41, 5.74) is 2.62. The Balaban J connectivity index is 2.46. The second-order valence-electron chi connectivity index (χ2n) is 3.84. The molecule has 1 aromatic carbocycles. The molecule has 0 N–H and O–H groups in total. The zero-order chi connectivity index (χ0) is 10.8. The van der Waals surface area contributed by atoms with Gasteiger partial charge in [0.15, 0.2) is 0 Å². The Bertz CT molecular complexity index is 453. The zero-order valence-electron chi connectivity index (χ0n) is 9.70. The van der Waals surface area contributed by atoms with Crippen LogP contribution in [0, 0.1) is 0 Å². The van der Waals surface area contributed by atoms with E-state index in [1.165, 1.54) is 16.6 Å². The Hall–Kier alpha value is -1.44. The summed E-state index contributed by atoms with van der Waals surface area (Å²) in [6.07, 6.45) is 2.11. The lowest BCUT2D eigenvalue weighted by molar-refractivity contribution is 0.867. The molecule has 0 fully saturated rings. The van der Waals surface area contributed by atoms with Crippen molar-refractivity contribution in [3.63, 3.8) is 0 Å². The van der Waals surface area contributed by atoms with E-state index < -0.39 is 0 Å². The monoisotopic (exact) mass is 202 g/mol. The average molecular weight is 202 g/mol. The quantitative estimate of drug-likeness (QED) is 0.742. The molecule has 0 aliphatic rings. The van der Waals surface area contributed by atoms with Gasteiger partial charge in [-0.05, 0) is 38.1 Å². The van der Waals surface area contributed by atoms with Crippen LogP contribution in [0.5, 0.6) is 0 Å². The van der Waals surface area contributed by atoms with E-state index in [-0.39, 0.29) is 0 Å². The molecule has 1 aromatic heterocycles. The molecule has 2 heteroatoms. The first kappa shape index (κ1) is 10.1. The maximum atomic E-state index is 2.37. The second kappa shape index (κ2) is 3.97. The van der Waals surface area contributed by atoms with E-state index in [4.69, 9.17) is 0 Å². The van der Waals surface area contributed by atoms with E-state index >= 15 is 0 Å². The first-order valence-electron chi connectivity index (χ1n) is 5.56. The fourth-order valence-electron chi connectivity index (χ4n) is 2.05. The number of aryl methyl sites for hydroxylation is 1. The molecule has 0 unspecified atom stereocenters. The second-order valence-corrected chi connectivity index (χ2v) is 3.84. The highest BCUT2D eigenvalue weighted by atomic mass is 15.1. The number of nitrogens with zero attached hydrogens (tertiary/aromatic N) is 2. The summed E-state index contributed by atoms with van der Waals surface area (Å²) >= 11 is 0. The van der Waals surface area contributed by atoms with E-state index in [2.05, 4.69) is 60.8 Å². The van der Waals surface area contributed by atoms with Gasteiger partial charge in [-0.2, -0.15) is 0 Å². The SMILES string of the molecule is CCN(CC)c1ccc2c(ccn2C)c1. The van der Waals surface area contributed by atoms with Crippen LogP contribution < -0.4 is 4.90 Å². The summed E-state index contributed by atoms with van der Waals surface area (Å²) in [5.74, 6) is 0. The van der Waals surface area contributed by atoms with Gasteiger partial charge < -0.3 is 9.47 Å². The van der Waals surface area contributed by atoms with Gasteiger partial charge in [0, 0.05) is 42.9 Å². The molecule has 0 radical (unpaired) electrons. The number of fused-ring (bicyclic) bond motifs is 1. The maximum Gasteiger partial charge on any atom is 0.0479 e. The standard InChI is InChI=1S/C13H18N2/c1-4-15(5-2)12-6-7-13-11(10-12)8-9-14(13)3/h6-10H,4-5H2,1-3H3. The van der Waals surface area contributed by atoms with Crippen LogP contribution >= 0.6 is 0 Å². The van der Waals surface area contributed by atoms with Gasteiger partial charge in [0.2, 0.25) is 0 Å². The fourth-order valence-corrected chi connectivity index (χ4v) is 2.05. The summed E-state index contributed by atoms with van der Waals surface area (Å²) in [6.45, 7) is 6.51. The molecule has 2 rings (SSSR count). The van der Waals surface area contributed by atoms with Crippen molar-refractivity contribution in [1.29, 1.82) is 0 Å². The third kappa shape index (κ3) is 1.72. The molecule has 0 saturated carbocycles. The first-order valence-corrected chi connectivity index (χ1v) is 5.56. The van der Waals surface area contributed by atoms with Gasteiger partial charge in [0.25, 0.3) is 0 Å². The van der Waals surface area contributed by atoms with Gasteiger partial charge in [-0.15, -0.1) is 0 Å². The van der Waals surface area contributed by atoms with Gasteiger partial charge >= 0.3 is 0 Å². The normalized spacial score (nSPS) is 10.9. The summed E-state index contributed by atoms with van der Waals surface area (Å²) in [7, 11) is 2.08. The van der Waals surface area contributed by atoms with Crippen LogP contribution in [0.1, 0.15) is 13.8 Å². The van der Waals surface area contributed by atoms with Crippen molar-refractivity contribution in [3.05, 3.63) is 30.5 Å². The predicted molar refractivity (Wildman–Crippen MR) is 66.5 cm³/mol. The average Bonchev–Trinajstić information content (AvgIpc) is 2.62. The Morgan fingerprint density at radius 3 is 2.53 bits per heavy atom. The number of rotatable bonds is 3. The molecule has 0 amide bonds. The molecule has 80 valence electrons. The highest BCUT2D eigenvalue weighted by Gasteiger charge is 2.03. The molecule has 0 bridgehead atoms. The summed E-state index contributed by atoms with van der Waals surface area (Å²) in [4.78, 5) is 2.37. The smallest absolute Gasteiger partial charge is 0.0479 e.